The second-order valence-electron chi connectivity index (χ2n) is 5.80. The van der Waals surface area contributed by atoms with E-state index in [1.54, 1.807) is 28.9 Å². The Morgan fingerprint density at radius 3 is 2.77 bits per heavy atom. The lowest BCUT2D eigenvalue weighted by Crippen LogP contribution is -2.17. The lowest BCUT2D eigenvalue weighted by molar-refractivity contribution is 0.102. The number of anilines is 1. The molecule has 26 heavy (non-hydrogen) atoms. The summed E-state index contributed by atoms with van der Waals surface area (Å²) in [6, 6.07) is 13.9. The van der Waals surface area contributed by atoms with Crippen LogP contribution in [0.4, 0.5) is 5.69 Å². The third-order valence-electron chi connectivity index (χ3n) is 4.05. The van der Waals surface area contributed by atoms with E-state index in [1.165, 1.54) is 12.4 Å². The SMILES string of the molecule is Cc1cc(NC(=O)c2cc(=O)[nH]c3ccccc23)ccc1-n1cnnn1. The molecule has 0 saturated carbocycles. The van der Waals surface area contributed by atoms with Gasteiger partial charge in [0.1, 0.15) is 6.33 Å². The van der Waals surface area contributed by atoms with E-state index in [0.717, 1.165) is 11.3 Å². The standard InChI is InChI=1S/C18H14N6O2/c1-11-8-12(6-7-16(11)24-10-19-22-23-24)20-18(26)14-9-17(25)21-15-5-3-2-4-13(14)15/h2-10H,1H3,(H,20,26)(H,21,25). The molecule has 2 heterocycles. The highest BCUT2D eigenvalue weighted by atomic mass is 16.2. The van der Waals surface area contributed by atoms with Gasteiger partial charge in [0.15, 0.2) is 0 Å². The number of pyridine rings is 1. The van der Waals surface area contributed by atoms with Crippen molar-refractivity contribution in [3.05, 3.63) is 76.3 Å². The molecule has 8 nitrogen and oxygen atoms in total. The minimum Gasteiger partial charge on any atom is -0.322 e. The van der Waals surface area contributed by atoms with Crippen LogP contribution >= 0.6 is 0 Å². The molecule has 0 fully saturated rings. The van der Waals surface area contributed by atoms with Gasteiger partial charge in [0.2, 0.25) is 5.56 Å². The number of H-pyrrole nitrogens is 1. The van der Waals surface area contributed by atoms with Gasteiger partial charge in [-0.25, -0.2) is 4.68 Å². The van der Waals surface area contributed by atoms with Crippen LogP contribution in [0.2, 0.25) is 0 Å². The number of hydrogen-bond acceptors (Lipinski definition) is 5. The molecular formula is C18H14N6O2. The zero-order valence-electron chi connectivity index (χ0n) is 13.8. The van der Waals surface area contributed by atoms with Crippen LogP contribution in [0.15, 0.2) is 59.7 Å². The maximum atomic E-state index is 12.7. The smallest absolute Gasteiger partial charge is 0.256 e. The van der Waals surface area contributed by atoms with E-state index in [0.29, 0.717) is 22.2 Å². The van der Waals surface area contributed by atoms with Crippen molar-refractivity contribution in [3.8, 4) is 5.69 Å². The zero-order chi connectivity index (χ0) is 18.1. The van der Waals surface area contributed by atoms with Gasteiger partial charge in [0.05, 0.1) is 11.3 Å². The first kappa shape index (κ1) is 15.7. The number of para-hydroxylation sites is 1. The first-order chi connectivity index (χ1) is 12.6. The minimum absolute atomic E-state index is 0.320. The van der Waals surface area contributed by atoms with Gasteiger partial charge in [0, 0.05) is 22.7 Å². The lowest BCUT2D eigenvalue weighted by Gasteiger charge is -2.10. The molecule has 0 spiro atoms. The predicted octanol–water partition coefficient (Wildman–Crippen LogP) is 2.06. The summed E-state index contributed by atoms with van der Waals surface area (Å²) in [5, 5.41) is 14.6. The topological polar surface area (TPSA) is 106 Å². The first-order valence-corrected chi connectivity index (χ1v) is 7.89. The second kappa shape index (κ2) is 6.25. The quantitative estimate of drug-likeness (QED) is 0.591. The minimum atomic E-state index is -0.345. The number of aryl methyl sites for hydroxylation is 1. The van der Waals surface area contributed by atoms with Crippen LogP contribution in [-0.2, 0) is 0 Å². The number of carbonyl (C=O) groups excluding carboxylic acids is 1. The van der Waals surface area contributed by atoms with E-state index in [2.05, 4.69) is 25.8 Å². The van der Waals surface area contributed by atoms with Gasteiger partial charge in [-0.05, 0) is 47.2 Å². The van der Waals surface area contributed by atoms with Gasteiger partial charge >= 0.3 is 0 Å². The molecule has 2 aromatic heterocycles. The largest absolute Gasteiger partial charge is 0.322 e. The molecular weight excluding hydrogens is 332 g/mol. The number of fused-ring (bicyclic) bond motifs is 1. The average molecular weight is 346 g/mol. The number of rotatable bonds is 3. The fourth-order valence-electron chi connectivity index (χ4n) is 2.85. The third-order valence-corrected chi connectivity index (χ3v) is 4.05. The van der Waals surface area contributed by atoms with E-state index >= 15 is 0 Å². The van der Waals surface area contributed by atoms with Crippen molar-refractivity contribution >= 4 is 22.5 Å². The van der Waals surface area contributed by atoms with E-state index in [1.807, 2.05) is 25.1 Å². The van der Waals surface area contributed by atoms with Crippen molar-refractivity contribution in [1.82, 2.24) is 25.2 Å². The van der Waals surface area contributed by atoms with Crippen LogP contribution in [0.25, 0.3) is 16.6 Å². The Kier molecular flexibility index (Phi) is 3.77. The molecule has 4 rings (SSSR count). The molecule has 0 aliphatic heterocycles. The molecule has 0 bridgehead atoms. The number of aromatic amines is 1. The molecule has 0 aliphatic rings. The molecule has 0 aliphatic carbocycles. The maximum absolute atomic E-state index is 12.7. The molecule has 0 atom stereocenters. The first-order valence-electron chi connectivity index (χ1n) is 7.89. The van der Waals surface area contributed by atoms with E-state index in [9.17, 15) is 9.59 Å². The average Bonchev–Trinajstić information content (AvgIpc) is 3.15. The Labute approximate surface area is 147 Å². The number of amides is 1. The van der Waals surface area contributed by atoms with Gasteiger partial charge in [-0.15, -0.1) is 5.10 Å². The fourth-order valence-corrected chi connectivity index (χ4v) is 2.85. The Morgan fingerprint density at radius 2 is 2.00 bits per heavy atom. The third kappa shape index (κ3) is 2.84. The van der Waals surface area contributed by atoms with Crippen molar-refractivity contribution in [2.75, 3.05) is 5.32 Å². The van der Waals surface area contributed by atoms with Gasteiger partial charge < -0.3 is 10.3 Å². The van der Waals surface area contributed by atoms with Crippen LogP contribution in [-0.4, -0.2) is 31.1 Å². The van der Waals surface area contributed by atoms with Gasteiger partial charge in [-0.1, -0.05) is 18.2 Å². The van der Waals surface area contributed by atoms with Gasteiger partial charge in [-0.2, -0.15) is 0 Å². The molecule has 0 saturated heterocycles. The van der Waals surface area contributed by atoms with Crippen LogP contribution in [0.5, 0.6) is 0 Å². The zero-order valence-corrected chi connectivity index (χ0v) is 13.8. The van der Waals surface area contributed by atoms with Crippen LogP contribution in [0.3, 0.4) is 0 Å². The highest BCUT2D eigenvalue weighted by Gasteiger charge is 2.13. The number of nitrogens with one attached hydrogen (secondary N) is 2. The second-order valence-corrected chi connectivity index (χ2v) is 5.80. The monoisotopic (exact) mass is 346 g/mol. The summed E-state index contributed by atoms with van der Waals surface area (Å²) in [5.41, 5.74) is 2.95. The summed E-state index contributed by atoms with van der Waals surface area (Å²) in [6.07, 6.45) is 1.50. The molecule has 2 aromatic carbocycles. The highest BCUT2D eigenvalue weighted by Crippen LogP contribution is 2.20. The fraction of sp³-hybridized carbons (Fsp3) is 0.0556. The summed E-state index contributed by atoms with van der Waals surface area (Å²) in [6.45, 7) is 1.90. The Balaban J connectivity index is 1.67. The summed E-state index contributed by atoms with van der Waals surface area (Å²) < 4.78 is 1.55. The number of aromatic nitrogens is 5. The van der Waals surface area contributed by atoms with Crippen LogP contribution < -0.4 is 10.9 Å². The summed E-state index contributed by atoms with van der Waals surface area (Å²) in [7, 11) is 0. The van der Waals surface area contributed by atoms with E-state index < -0.39 is 0 Å². The molecule has 8 heteroatoms. The number of benzene rings is 2. The molecule has 4 aromatic rings. The predicted molar refractivity (Wildman–Crippen MR) is 96.4 cm³/mol. The normalized spacial score (nSPS) is 10.8. The molecule has 0 unspecified atom stereocenters. The Morgan fingerprint density at radius 1 is 1.15 bits per heavy atom. The summed E-state index contributed by atoms with van der Waals surface area (Å²) in [5.74, 6) is -0.345. The van der Waals surface area contributed by atoms with Crippen molar-refractivity contribution in [2.24, 2.45) is 0 Å². The van der Waals surface area contributed by atoms with Gasteiger partial charge in [-0.3, -0.25) is 9.59 Å². The van der Waals surface area contributed by atoms with E-state index in [4.69, 9.17) is 0 Å². The maximum Gasteiger partial charge on any atom is 0.256 e. The number of hydrogen-bond donors (Lipinski definition) is 2. The number of nitrogens with zero attached hydrogens (tertiary/aromatic N) is 4. The molecule has 1 amide bonds. The number of carbonyl (C=O) groups is 1. The number of tetrazole rings is 1. The lowest BCUT2D eigenvalue weighted by atomic mass is 10.1. The van der Waals surface area contributed by atoms with Crippen molar-refractivity contribution in [1.29, 1.82) is 0 Å². The highest BCUT2D eigenvalue weighted by molar-refractivity contribution is 6.12. The van der Waals surface area contributed by atoms with Crippen LogP contribution in [0, 0.1) is 6.92 Å². The Hall–Kier alpha value is -3.81. The van der Waals surface area contributed by atoms with Gasteiger partial charge in [0.25, 0.3) is 5.91 Å². The van der Waals surface area contributed by atoms with Crippen molar-refractivity contribution in [3.63, 3.8) is 0 Å². The Bertz CT molecular complexity index is 1160. The van der Waals surface area contributed by atoms with Crippen LogP contribution in [0.1, 0.15) is 15.9 Å². The molecule has 2 N–H and O–H groups in total. The van der Waals surface area contributed by atoms with Crippen molar-refractivity contribution < 1.29 is 4.79 Å². The summed E-state index contributed by atoms with van der Waals surface area (Å²) in [4.78, 5) is 27.3. The summed E-state index contributed by atoms with van der Waals surface area (Å²) >= 11 is 0. The van der Waals surface area contributed by atoms with Crippen molar-refractivity contribution in [2.45, 2.75) is 6.92 Å². The molecule has 0 radical (unpaired) electrons. The van der Waals surface area contributed by atoms with E-state index in [-0.39, 0.29) is 11.5 Å². The molecule has 128 valence electrons.